The van der Waals surface area contributed by atoms with E-state index >= 15 is 0 Å². The molecule has 0 saturated heterocycles. The van der Waals surface area contributed by atoms with E-state index in [9.17, 15) is 4.79 Å². The summed E-state index contributed by atoms with van der Waals surface area (Å²) in [5.41, 5.74) is 1.73. The lowest BCUT2D eigenvalue weighted by Gasteiger charge is -2.12. The summed E-state index contributed by atoms with van der Waals surface area (Å²) in [5, 5.41) is 6.02. The number of rotatable bonds is 5. The molecule has 0 spiro atoms. The molecule has 0 fully saturated rings. The predicted octanol–water partition coefficient (Wildman–Crippen LogP) is 3.24. The summed E-state index contributed by atoms with van der Waals surface area (Å²) in [5.74, 6) is 1.32. The predicted molar refractivity (Wildman–Crippen MR) is 81.1 cm³/mol. The van der Waals surface area contributed by atoms with Crippen LogP contribution in [0.5, 0.6) is 0 Å². The second-order valence-electron chi connectivity index (χ2n) is 5.18. The quantitative estimate of drug-likeness (QED) is 0.878. The van der Waals surface area contributed by atoms with Gasteiger partial charge in [0.25, 0.3) is 0 Å². The molecule has 0 radical (unpaired) electrons. The zero-order chi connectivity index (χ0) is 14.5. The minimum atomic E-state index is -0.0711. The number of anilines is 3. The molecule has 0 unspecified atom stereocenters. The van der Waals surface area contributed by atoms with E-state index in [4.69, 9.17) is 0 Å². The van der Waals surface area contributed by atoms with Crippen LogP contribution in [0, 0.1) is 5.92 Å². The average Bonchev–Trinajstić information content (AvgIpc) is 2.78. The van der Waals surface area contributed by atoms with Crippen molar-refractivity contribution in [2.45, 2.75) is 27.3 Å². The van der Waals surface area contributed by atoms with E-state index in [-0.39, 0.29) is 5.91 Å². The fourth-order valence-electron chi connectivity index (χ4n) is 1.94. The first-order chi connectivity index (χ1) is 9.54. The standard InChI is InChI=1S/C15H20N4O/c1-11(2)10-19-9-8-16-15(19)18-14-6-4-13(5-7-14)17-12(3)20/h4-9,11H,10H2,1-3H3,(H,16,18)(H,17,20). The fourth-order valence-corrected chi connectivity index (χ4v) is 1.94. The summed E-state index contributed by atoms with van der Waals surface area (Å²) in [6.07, 6.45) is 3.75. The van der Waals surface area contributed by atoms with Gasteiger partial charge in [-0.05, 0) is 30.2 Å². The summed E-state index contributed by atoms with van der Waals surface area (Å²) in [6.45, 7) is 6.76. The number of imidazole rings is 1. The van der Waals surface area contributed by atoms with E-state index in [0.29, 0.717) is 5.92 Å². The molecule has 2 rings (SSSR count). The Morgan fingerprint density at radius 1 is 1.25 bits per heavy atom. The second-order valence-corrected chi connectivity index (χ2v) is 5.18. The Kier molecular flexibility index (Phi) is 4.40. The van der Waals surface area contributed by atoms with Crippen LogP contribution in [-0.2, 0) is 11.3 Å². The normalized spacial score (nSPS) is 10.6. The van der Waals surface area contributed by atoms with E-state index in [1.54, 1.807) is 6.20 Å². The topological polar surface area (TPSA) is 59.0 Å². The number of carbonyl (C=O) groups excluding carboxylic acids is 1. The summed E-state index contributed by atoms with van der Waals surface area (Å²) in [6, 6.07) is 7.55. The van der Waals surface area contributed by atoms with E-state index < -0.39 is 0 Å². The maximum Gasteiger partial charge on any atom is 0.221 e. The lowest BCUT2D eigenvalue weighted by atomic mass is 10.2. The number of hydrogen-bond acceptors (Lipinski definition) is 3. The number of carbonyl (C=O) groups is 1. The molecule has 0 atom stereocenters. The minimum absolute atomic E-state index is 0.0711. The monoisotopic (exact) mass is 272 g/mol. The molecule has 5 heteroatoms. The highest BCUT2D eigenvalue weighted by atomic mass is 16.1. The third kappa shape index (κ3) is 3.85. The molecule has 1 amide bonds. The Hall–Kier alpha value is -2.30. The summed E-state index contributed by atoms with van der Waals surface area (Å²) >= 11 is 0. The van der Waals surface area contributed by atoms with E-state index in [1.165, 1.54) is 6.92 Å². The summed E-state index contributed by atoms with van der Waals surface area (Å²) in [7, 11) is 0. The molecular weight excluding hydrogens is 252 g/mol. The molecular formula is C15H20N4O. The van der Waals surface area contributed by atoms with Crippen molar-refractivity contribution in [3.63, 3.8) is 0 Å². The van der Waals surface area contributed by atoms with Crippen molar-refractivity contribution >= 4 is 23.2 Å². The highest BCUT2D eigenvalue weighted by Crippen LogP contribution is 2.18. The largest absolute Gasteiger partial charge is 0.326 e. The van der Waals surface area contributed by atoms with Crippen LogP contribution < -0.4 is 10.6 Å². The van der Waals surface area contributed by atoms with Gasteiger partial charge in [0, 0.05) is 37.2 Å². The molecule has 0 aliphatic rings. The van der Waals surface area contributed by atoms with Gasteiger partial charge in [-0.2, -0.15) is 0 Å². The van der Waals surface area contributed by atoms with Crippen molar-refractivity contribution < 1.29 is 4.79 Å². The van der Waals surface area contributed by atoms with E-state index in [2.05, 4.69) is 34.0 Å². The number of benzene rings is 1. The third-order valence-electron chi connectivity index (χ3n) is 2.74. The maximum atomic E-state index is 11.0. The van der Waals surface area contributed by atoms with Gasteiger partial charge < -0.3 is 15.2 Å². The first-order valence-corrected chi connectivity index (χ1v) is 6.70. The van der Waals surface area contributed by atoms with E-state index in [1.807, 2.05) is 30.5 Å². The molecule has 0 aliphatic heterocycles. The molecule has 20 heavy (non-hydrogen) atoms. The van der Waals surface area contributed by atoms with Crippen LogP contribution in [0.3, 0.4) is 0 Å². The molecule has 0 aliphatic carbocycles. The van der Waals surface area contributed by atoms with Crippen molar-refractivity contribution in [3.8, 4) is 0 Å². The maximum absolute atomic E-state index is 11.0. The van der Waals surface area contributed by atoms with Crippen molar-refractivity contribution in [2.75, 3.05) is 10.6 Å². The Balaban J connectivity index is 2.06. The van der Waals surface area contributed by atoms with Crippen LogP contribution in [0.4, 0.5) is 17.3 Å². The van der Waals surface area contributed by atoms with Gasteiger partial charge in [0.15, 0.2) is 0 Å². The fraction of sp³-hybridized carbons (Fsp3) is 0.333. The average molecular weight is 272 g/mol. The van der Waals surface area contributed by atoms with Crippen molar-refractivity contribution in [1.29, 1.82) is 0 Å². The minimum Gasteiger partial charge on any atom is -0.326 e. The zero-order valence-corrected chi connectivity index (χ0v) is 12.1. The number of nitrogens with zero attached hydrogens (tertiary/aromatic N) is 2. The van der Waals surface area contributed by atoms with Crippen LogP contribution in [0.2, 0.25) is 0 Å². The number of amides is 1. The van der Waals surface area contributed by atoms with Crippen LogP contribution in [0.1, 0.15) is 20.8 Å². The van der Waals surface area contributed by atoms with Crippen LogP contribution in [-0.4, -0.2) is 15.5 Å². The Morgan fingerprint density at radius 3 is 2.50 bits per heavy atom. The van der Waals surface area contributed by atoms with Crippen molar-refractivity contribution in [2.24, 2.45) is 5.92 Å². The molecule has 1 aromatic heterocycles. The third-order valence-corrected chi connectivity index (χ3v) is 2.74. The lowest BCUT2D eigenvalue weighted by molar-refractivity contribution is -0.114. The van der Waals surface area contributed by atoms with Crippen LogP contribution in [0.25, 0.3) is 0 Å². The first kappa shape index (κ1) is 14.1. The molecule has 0 saturated carbocycles. The Morgan fingerprint density at radius 2 is 1.90 bits per heavy atom. The highest BCUT2D eigenvalue weighted by molar-refractivity contribution is 5.88. The van der Waals surface area contributed by atoms with Gasteiger partial charge in [-0.1, -0.05) is 13.8 Å². The second kappa shape index (κ2) is 6.23. The molecule has 2 aromatic rings. The molecule has 106 valence electrons. The molecule has 5 nitrogen and oxygen atoms in total. The van der Waals surface area contributed by atoms with Crippen LogP contribution >= 0.6 is 0 Å². The van der Waals surface area contributed by atoms with E-state index in [0.717, 1.165) is 23.9 Å². The van der Waals surface area contributed by atoms with Gasteiger partial charge in [0.05, 0.1) is 0 Å². The smallest absolute Gasteiger partial charge is 0.221 e. The number of hydrogen-bond donors (Lipinski definition) is 2. The van der Waals surface area contributed by atoms with Gasteiger partial charge >= 0.3 is 0 Å². The Bertz CT molecular complexity index is 572. The van der Waals surface area contributed by atoms with Crippen LogP contribution in [0.15, 0.2) is 36.7 Å². The molecule has 0 bridgehead atoms. The molecule has 1 heterocycles. The van der Waals surface area contributed by atoms with Gasteiger partial charge in [-0.15, -0.1) is 0 Å². The molecule has 2 N–H and O–H groups in total. The van der Waals surface area contributed by atoms with Crippen molar-refractivity contribution in [3.05, 3.63) is 36.7 Å². The number of aromatic nitrogens is 2. The first-order valence-electron chi connectivity index (χ1n) is 6.70. The summed E-state index contributed by atoms with van der Waals surface area (Å²) in [4.78, 5) is 15.3. The van der Waals surface area contributed by atoms with Gasteiger partial charge in [0.1, 0.15) is 0 Å². The van der Waals surface area contributed by atoms with Gasteiger partial charge in [0.2, 0.25) is 11.9 Å². The lowest BCUT2D eigenvalue weighted by Crippen LogP contribution is -2.08. The van der Waals surface area contributed by atoms with Gasteiger partial charge in [-0.25, -0.2) is 4.98 Å². The summed E-state index contributed by atoms with van der Waals surface area (Å²) < 4.78 is 2.09. The zero-order valence-electron chi connectivity index (χ0n) is 12.1. The molecule has 1 aromatic carbocycles. The number of nitrogens with one attached hydrogen (secondary N) is 2. The SMILES string of the molecule is CC(=O)Nc1ccc(Nc2nccn2CC(C)C)cc1. The van der Waals surface area contributed by atoms with Gasteiger partial charge in [-0.3, -0.25) is 4.79 Å². The van der Waals surface area contributed by atoms with Crippen molar-refractivity contribution in [1.82, 2.24) is 9.55 Å². The highest BCUT2D eigenvalue weighted by Gasteiger charge is 2.05. The Labute approximate surface area is 119 Å².